The van der Waals surface area contributed by atoms with Gasteiger partial charge in [-0.05, 0) is 53.0 Å². The molecule has 1 rings (SSSR count). The molecule has 0 bridgehead atoms. The molecule has 22 heavy (non-hydrogen) atoms. The van der Waals surface area contributed by atoms with Crippen LogP contribution in [0.4, 0.5) is 4.79 Å². The van der Waals surface area contributed by atoms with E-state index in [2.05, 4.69) is 0 Å². The maximum atomic E-state index is 12.7. The third-order valence-electron chi connectivity index (χ3n) is 3.19. The molecule has 0 N–H and O–H groups in total. The third-order valence-corrected chi connectivity index (χ3v) is 3.19. The first-order valence-electron chi connectivity index (χ1n) is 7.87. The Hall–Kier alpha value is -1.52. The molecule has 1 heterocycles. The van der Waals surface area contributed by atoms with Crippen molar-refractivity contribution < 1.29 is 19.1 Å². The van der Waals surface area contributed by atoms with Crippen LogP contribution >= 0.6 is 0 Å². The van der Waals surface area contributed by atoms with Crippen molar-refractivity contribution in [1.29, 1.82) is 0 Å². The predicted octanol–water partition coefficient (Wildman–Crippen LogP) is 3.53. The van der Waals surface area contributed by atoms with Crippen molar-refractivity contribution >= 4 is 12.1 Å². The Bertz CT molecular complexity index is 448. The molecule has 126 valence electrons. The highest BCUT2D eigenvalue weighted by Gasteiger charge is 2.49. The maximum Gasteiger partial charge on any atom is 0.411 e. The molecule has 0 saturated heterocycles. The summed E-state index contributed by atoms with van der Waals surface area (Å²) in [7, 11) is 0. The Kier molecular flexibility index (Phi) is 5.65. The van der Waals surface area contributed by atoms with Gasteiger partial charge in [-0.25, -0.2) is 9.59 Å². The number of carbonyl (C=O) groups is 2. The van der Waals surface area contributed by atoms with E-state index in [1.54, 1.807) is 19.9 Å². The SMILES string of the molecule is CC(C)CC1(C(=O)OC(C)C)C=CCN1C(=O)OC(C)(C)C. The van der Waals surface area contributed by atoms with Crippen LogP contribution in [0.25, 0.3) is 0 Å². The molecule has 1 atom stereocenters. The number of amides is 1. The van der Waals surface area contributed by atoms with Crippen LogP contribution in [0.3, 0.4) is 0 Å². The summed E-state index contributed by atoms with van der Waals surface area (Å²) < 4.78 is 10.9. The van der Waals surface area contributed by atoms with Crippen molar-refractivity contribution in [2.45, 2.75) is 72.1 Å². The summed E-state index contributed by atoms with van der Waals surface area (Å²) in [6, 6.07) is 0. The summed E-state index contributed by atoms with van der Waals surface area (Å²) >= 11 is 0. The number of esters is 1. The molecule has 0 saturated carbocycles. The number of rotatable bonds is 4. The molecule has 1 aliphatic heterocycles. The Morgan fingerprint density at radius 1 is 1.23 bits per heavy atom. The quantitative estimate of drug-likeness (QED) is 0.589. The minimum atomic E-state index is -1.07. The second-order valence-corrected chi connectivity index (χ2v) is 7.47. The van der Waals surface area contributed by atoms with Gasteiger partial charge >= 0.3 is 12.1 Å². The summed E-state index contributed by atoms with van der Waals surface area (Å²) in [5.74, 6) is -0.164. The molecule has 0 aliphatic carbocycles. The highest BCUT2D eigenvalue weighted by atomic mass is 16.6. The Morgan fingerprint density at radius 2 is 1.82 bits per heavy atom. The smallest absolute Gasteiger partial charge is 0.411 e. The van der Waals surface area contributed by atoms with Gasteiger partial charge in [0.25, 0.3) is 0 Å². The zero-order valence-electron chi connectivity index (χ0n) is 14.8. The van der Waals surface area contributed by atoms with Crippen molar-refractivity contribution in [3.8, 4) is 0 Å². The van der Waals surface area contributed by atoms with Crippen molar-refractivity contribution in [3.05, 3.63) is 12.2 Å². The average molecular weight is 311 g/mol. The topological polar surface area (TPSA) is 55.8 Å². The largest absolute Gasteiger partial charge is 0.461 e. The van der Waals surface area contributed by atoms with Gasteiger partial charge in [-0.2, -0.15) is 0 Å². The molecule has 0 spiro atoms. The molecule has 1 unspecified atom stereocenters. The van der Waals surface area contributed by atoms with E-state index < -0.39 is 23.2 Å². The molecular weight excluding hydrogens is 282 g/mol. The zero-order valence-corrected chi connectivity index (χ0v) is 14.8. The lowest BCUT2D eigenvalue weighted by atomic mass is 9.88. The minimum absolute atomic E-state index is 0.229. The summed E-state index contributed by atoms with van der Waals surface area (Å²) in [6.45, 7) is 13.4. The molecule has 0 aromatic rings. The number of carbonyl (C=O) groups excluding carboxylic acids is 2. The Labute approximate surface area is 133 Å². The van der Waals surface area contributed by atoms with Crippen LogP contribution in [0.15, 0.2) is 12.2 Å². The van der Waals surface area contributed by atoms with Crippen molar-refractivity contribution in [3.63, 3.8) is 0 Å². The van der Waals surface area contributed by atoms with E-state index in [1.165, 1.54) is 4.90 Å². The van der Waals surface area contributed by atoms with Gasteiger partial charge in [0.15, 0.2) is 5.54 Å². The van der Waals surface area contributed by atoms with Crippen molar-refractivity contribution in [1.82, 2.24) is 4.90 Å². The van der Waals surface area contributed by atoms with Crippen LogP contribution in [-0.2, 0) is 14.3 Å². The highest BCUT2D eigenvalue weighted by Crippen LogP contribution is 2.33. The molecule has 0 aromatic heterocycles. The number of hydrogen-bond donors (Lipinski definition) is 0. The third kappa shape index (κ3) is 4.49. The molecule has 5 nitrogen and oxygen atoms in total. The highest BCUT2D eigenvalue weighted by molar-refractivity contribution is 5.89. The first-order chi connectivity index (χ1) is 9.98. The first kappa shape index (κ1) is 18.5. The van der Waals surface area contributed by atoms with Crippen LogP contribution in [0, 0.1) is 5.92 Å². The van der Waals surface area contributed by atoms with E-state index in [9.17, 15) is 9.59 Å². The van der Waals surface area contributed by atoms with Crippen LogP contribution < -0.4 is 0 Å². The van der Waals surface area contributed by atoms with E-state index >= 15 is 0 Å². The Balaban J connectivity index is 3.09. The maximum absolute atomic E-state index is 12.7. The fourth-order valence-corrected chi connectivity index (χ4v) is 2.54. The van der Waals surface area contributed by atoms with Crippen LogP contribution in [0.1, 0.15) is 54.9 Å². The normalized spacial score (nSPS) is 21.6. The van der Waals surface area contributed by atoms with E-state index in [-0.39, 0.29) is 12.0 Å². The molecule has 1 amide bonds. The predicted molar refractivity (Wildman–Crippen MR) is 85.5 cm³/mol. The van der Waals surface area contributed by atoms with Gasteiger partial charge in [-0.1, -0.05) is 19.9 Å². The number of hydrogen-bond acceptors (Lipinski definition) is 4. The molecule has 0 fully saturated rings. The molecule has 5 heteroatoms. The van der Waals surface area contributed by atoms with Gasteiger partial charge in [-0.3, -0.25) is 4.90 Å². The second-order valence-electron chi connectivity index (χ2n) is 7.47. The lowest BCUT2D eigenvalue weighted by Crippen LogP contribution is -2.56. The van der Waals surface area contributed by atoms with Gasteiger partial charge in [0.1, 0.15) is 5.60 Å². The van der Waals surface area contributed by atoms with Gasteiger partial charge in [0.05, 0.1) is 6.10 Å². The van der Waals surface area contributed by atoms with E-state index in [0.717, 1.165) is 0 Å². The second kappa shape index (κ2) is 6.71. The average Bonchev–Trinajstić information content (AvgIpc) is 2.69. The summed E-state index contributed by atoms with van der Waals surface area (Å²) in [5.41, 5.74) is -1.67. The fraction of sp³-hybridized carbons (Fsp3) is 0.765. The molecule has 0 radical (unpaired) electrons. The Morgan fingerprint density at radius 3 is 2.27 bits per heavy atom. The van der Waals surface area contributed by atoms with E-state index in [4.69, 9.17) is 9.47 Å². The van der Waals surface area contributed by atoms with E-state index in [1.807, 2.05) is 40.7 Å². The lowest BCUT2D eigenvalue weighted by Gasteiger charge is -2.38. The minimum Gasteiger partial charge on any atom is -0.461 e. The van der Waals surface area contributed by atoms with Crippen LogP contribution in [0.5, 0.6) is 0 Å². The summed E-state index contributed by atoms with van der Waals surface area (Å²) in [5, 5.41) is 0. The van der Waals surface area contributed by atoms with Gasteiger partial charge in [0, 0.05) is 6.54 Å². The summed E-state index contributed by atoms with van der Waals surface area (Å²) in [4.78, 5) is 26.7. The molecule has 1 aliphatic rings. The van der Waals surface area contributed by atoms with Crippen molar-refractivity contribution in [2.24, 2.45) is 5.92 Å². The molecular formula is C17H29NO4. The van der Waals surface area contributed by atoms with Gasteiger partial charge < -0.3 is 9.47 Å². The summed E-state index contributed by atoms with van der Waals surface area (Å²) in [6.07, 6.45) is 3.40. The van der Waals surface area contributed by atoms with Crippen LogP contribution in [-0.4, -0.2) is 40.8 Å². The monoisotopic (exact) mass is 311 g/mol. The lowest BCUT2D eigenvalue weighted by molar-refractivity contribution is -0.158. The van der Waals surface area contributed by atoms with Crippen LogP contribution in [0.2, 0.25) is 0 Å². The standard InChI is InChI=1S/C17H29NO4/c1-12(2)11-17(14(19)21-13(3)4)9-8-10-18(17)15(20)22-16(5,6)7/h8-9,12-13H,10-11H2,1-7H3. The van der Waals surface area contributed by atoms with Crippen molar-refractivity contribution in [2.75, 3.05) is 6.54 Å². The number of ether oxygens (including phenoxy) is 2. The van der Waals surface area contributed by atoms with Gasteiger partial charge in [-0.15, -0.1) is 0 Å². The molecule has 0 aromatic carbocycles. The first-order valence-corrected chi connectivity index (χ1v) is 7.87. The zero-order chi connectivity index (χ0) is 17.1. The number of nitrogens with zero attached hydrogens (tertiary/aromatic N) is 1. The van der Waals surface area contributed by atoms with Gasteiger partial charge in [0.2, 0.25) is 0 Å². The van der Waals surface area contributed by atoms with E-state index in [0.29, 0.717) is 13.0 Å². The fourth-order valence-electron chi connectivity index (χ4n) is 2.54.